The molecule has 0 saturated heterocycles. The summed E-state index contributed by atoms with van der Waals surface area (Å²) < 4.78 is 34.0. The Kier molecular flexibility index (Phi) is 5.93. The molecule has 0 spiro atoms. The molecule has 0 bridgehead atoms. The van der Waals surface area contributed by atoms with Crippen molar-refractivity contribution in [3.05, 3.63) is 83.9 Å². The van der Waals surface area contributed by atoms with E-state index in [0.29, 0.717) is 22.7 Å². The number of nitrogens with zero attached hydrogens (tertiary/aromatic N) is 4. The SMILES string of the molecule is COc1ccc(S(=O)(=O)c2c(N)n(/N=C\c3ccc(C(C)C)cc3)c3nc4ccccc4nc23)cc1. The third-order valence-electron chi connectivity index (χ3n) is 5.99. The second kappa shape index (κ2) is 9.09. The van der Waals surface area contributed by atoms with Gasteiger partial charge in [0.25, 0.3) is 0 Å². The van der Waals surface area contributed by atoms with Crippen LogP contribution in [-0.2, 0) is 9.84 Å². The lowest BCUT2D eigenvalue weighted by atomic mass is 10.0. The summed E-state index contributed by atoms with van der Waals surface area (Å²) in [7, 11) is -2.53. The van der Waals surface area contributed by atoms with Crippen LogP contribution in [0.3, 0.4) is 0 Å². The van der Waals surface area contributed by atoms with Crippen molar-refractivity contribution in [3.8, 4) is 5.75 Å². The van der Waals surface area contributed by atoms with E-state index in [9.17, 15) is 8.42 Å². The van der Waals surface area contributed by atoms with Crippen molar-refractivity contribution >= 4 is 44.1 Å². The van der Waals surface area contributed by atoms with Crippen molar-refractivity contribution in [1.82, 2.24) is 14.6 Å². The highest BCUT2D eigenvalue weighted by Gasteiger charge is 2.30. The number of aromatic nitrogens is 3. The zero-order valence-corrected chi connectivity index (χ0v) is 20.9. The molecule has 2 aromatic heterocycles. The normalized spacial score (nSPS) is 12.2. The van der Waals surface area contributed by atoms with Crippen LogP contribution >= 0.6 is 0 Å². The standard InChI is InChI=1S/C27H25N5O3S/c1-17(2)19-10-8-18(9-11-19)16-29-32-26(28)25(36(33,34)21-14-12-20(35-3)13-15-21)24-27(32)31-23-7-5-4-6-22(23)30-24/h4-17H,28H2,1-3H3/b29-16-. The van der Waals surface area contributed by atoms with Gasteiger partial charge < -0.3 is 10.5 Å². The van der Waals surface area contributed by atoms with E-state index in [1.54, 1.807) is 30.5 Å². The van der Waals surface area contributed by atoms with E-state index in [0.717, 1.165) is 5.56 Å². The summed E-state index contributed by atoms with van der Waals surface area (Å²) in [5.41, 5.74) is 10.1. The van der Waals surface area contributed by atoms with Crippen LogP contribution < -0.4 is 10.5 Å². The molecule has 5 aromatic rings. The van der Waals surface area contributed by atoms with Crippen molar-refractivity contribution in [2.75, 3.05) is 12.8 Å². The number of hydrogen-bond acceptors (Lipinski definition) is 7. The van der Waals surface area contributed by atoms with Crippen LogP contribution in [-0.4, -0.2) is 36.4 Å². The van der Waals surface area contributed by atoms with Crippen molar-refractivity contribution in [1.29, 1.82) is 0 Å². The predicted molar refractivity (Wildman–Crippen MR) is 141 cm³/mol. The molecule has 9 heteroatoms. The zero-order chi connectivity index (χ0) is 25.4. The first kappa shape index (κ1) is 23.5. The molecule has 0 fully saturated rings. The van der Waals surface area contributed by atoms with Crippen LogP contribution in [0.2, 0.25) is 0 Å². The maximum absolute atomic E-state index is 13.7. The second-order valence-corrected chi connectivity index (χ2v) is 10.5. The molecule has 0 aliphatic heterocycles. The van der Waals surface area contributed by atoms with Gasteiger partial charge in [0.15, 0.2) is 5.65 Å². The predicted octanol–water partition coefficient (Wildman–Crippen LogP) is 5.01. The lowest BCUT2D eigenvalue weighted by Gasteiger charge is -2.06. The molecule has 8 nitrogen and oxygen atoms in total. The minimum atomic E-state index is -4.04. The van der Waals surface area contributed by atoms with E-state index in [-0.39, 0.29) is 26.8 Å². The smallest absolute Gasteiger partial charge is 0.212 e. The molecular formula is C27H25N5O3S. The molecule has 0 aliphatic carbocycles. The van der Waals surface area contributed by atoms with Gasteiger partial charge in [-0.05, 0) is 53.4 Å². The van der Waals surface area contributed by atoms with E-state index >= 15 is 0 Å². The molecule has 0 amide bonds. The Morgan fingerprint density at radius 1 is 0.944 bits per heavy atom. The van der Waals surface area contributed by atoms with Crippen molar-refractivity contribution in [3.63, 3.8) is 0 Å². The van der Waals surface area contributed by atoms with E-state index < -0.39 is 9.84 Å². The fraction of sp³-hybridized carbons (Fsp3) is 0.148. The fourth-order valence-electron chi connectivity index (χ4n) is 3.97. The Hall–Kier alpha value is -4.24. The molecule has 36 heavy (non-hydrogen) atoms. The van der Waals surface area contributed by atoms with E-state index in [2.05, 4.69) is 28.9 Å². The number of hydrogen-bond donors (Lipinski definition) is 1. The number of ether oxygens (including phenoxy) is 1. The monoisotopic (exact) mass is 499 g/mol. The summed E-state index contributed by atoms with van der Waals surface area (Å²) in [4.78, 5) is 9.23. The number of para-hydroxylation sites is 2. The van der Waals surface area contributed by atoms with Gasteiger partial charge in [-0.1, -0.05) is 50.2 Å². The highest BCUT2D eigenvalue weighted by Crippen LogP contribution is 2.35. The van der Waals surface area contributed by atoms with Gasteiger partial charge in [-0.3, -0.25) is 0 Å². The van der Waals surface area contributed by atoms with Gasteiger partial charge >= 0.3 is 0 Å². The first-order chi connectivity index (χ1) is 17.3. The molecule has 2 heterocycles. The lowest BCUT2D eigenvalue weighted by molar-refractivity contribution is 0.414. The quantitative estimate of drug-likeness (QED) is 0.329. The minimum absolute atomic E-state index is 0.0637. The van der Waals surface area contributed by atoms with Gasteiger partial charge in [-0.2, -0.15) is 9.78 Å². The lowest BCUT2D eigenvalue weighted by Crippen LogP contribution is -2.06. The summed E-state index contributed by atoms with van der Waals surface area (Å²) in [6.45, 7) is 4.26. The van der Waals surface area contributed by atoms with Crippen LogP contribution in [0.5, 0.6) is 5.75 Å². The van der Waals surface area contributed by atoms with Gasteiger partial charge in [0, 0.05) is 0 Å². The minimum Gasteiger partial charge on any atom is -0.497 e. The van der Waals surface area contributed by atoms with Gasteiger partial charge in [0.2, 0.25) is 9.84 Å². The number of methoxy groups -OCH3 is 1. The molecular weight excluding hydrogens is 474 g/mol. The summed E-state index contributed by atoms with van der Waals surface area (Å²) in [6.07, 6.45) is 1.63. The summed E-state index contributed by atoms with van der Waals surface area (Å²) in [6, 6.07) is 21.4. The molecule has 182 valence electrons. The van der Waals surface area contributed by atoms with Gasteiger partial charge in [0.05, 0.1) is 29.3 Å². The number of rotatable bonds is 6. The Balaban J connectivity index is 1.71. The molecule has 0 radical (unpaired) electrons. The topological polar surface area (TPSA) is 112 Å². The zero-order valence-electron chi connectivity index (χ0n) is 20.1. The van der Waals surface area contributed by atoms with Crippen molar-refractivity contribution in [2.24, 2.45) is 5.10 Å². The number of benzene rings is 3. The highest BCUT2D eigenvalue weighted by molar-refractivity contribution is 7.92. The van der Waals surface area contributed by atoms with Crippen molar-refractivity contribution < 1.29 is 13.2 Å². The van der Waals surface area contributed by atoms with Gasteiger partial charge in [0.1, 0.15) is 22.0 Å². The Morgan fingerprint density at radius 2 is 1.58 bits per heavy atom. The van der Waals surface area contributed by atoms with Crippen molar-refractivity contribution in [2.45, 2.75) is 29.6 Å². The number of nitrogen functional groups attached to an aromatic ring is 1. The number of nitrogens with two attached hydrogens (primary N) is 1. The van der Waals surface area contributed by atoms with E-state index in [1.807, 2.05) is 36.4 Å². The Labute approximate surface area is 209 Å². The average molecular weight is 500 g/mol. The maximum Gasteiger partial charge on any atom is 0.212 e. The number of anilines is 1. The average Bonchev–Trinajstić information content (AvgIpc) is 3.16. The fourth-order valence-corrected chi connectivity index (χ4v) is 5.45. The molecule has 2 N–H and O–H groups in total. The highest BCUT2D eigenvalue weighted by atomic mass is 32.2. The first-order valence-corrected chi connectivity index (χ1v) is 12.9. The second-order valence-electron chi connectivity index (χ2n) is 8.66. The van der Waals surface area contributed by atoms with Crippen LogP contribution in [0, 0.1) is 0 Å². The molecule has 0 unspecified atom stereocenters. The van der Waals surface area contributed by atoms with Crippen LogP contribution in [0.25, 0.3) is 22.2 Å². The van der Waals surface area contributed by atoms with E-state index in [1.165, 1.54) is 29.5 Å². The van der Waals surface area contributed by atoms with Gasteiger partial charge in [-0.15, -0.1) is 0 Å². The summed E-state index contributed by atoms with van der Waals surface area (Å²) in [5.74, 6) is 0.892. The van der Waals surface area contributed by atoms with Crippen LogP contribution in [0.15, 0.2) is 87.7 Å². The third-order valence-corrected chi connectivity index (χ3v) is 7.83. The largest absolute Gasteiger partial charge is 0.497 e. The molecule has 3 aromatic carbocycles. The number of fused-ring (bicyclic) bond motifs is 2. The van der Waals surface area contributed by atoms with Gasteiger partial charge in [-0.25, -0.2) is 18.4 Å². The van der Waals surface area contributed by atoms with Crippen LogP contribution in [0.4, 0.5) is 5.82 Å². The summed E-state index contributed by atoms with van der Waals surface area (Å²) >= 11 is 0. The Morgan fingerprint density at radius 3 is 2.19 bits per heavy atom. The maximum atomic E-state index is 13.7. The molecule has 0 aliphatic rings. The third kappa shape index (κ3) is 4.07. The first-order valence-electron chi connectivity index (χ1n) is 11.4. The number of sulfone groups is 1. The molecule has 5 rings (SSSR count). The van der Waals surface area contributed by atoms with E-state index in [4.69, 9.17) is 10.5 Å². The Bertz CT molecular complexity index is 1710. The summed E-state index contributed by atoms with van der Waals surface area (Å²) in [5, 5.41) is 4.52. The molecule has 0 saturated carbocycles. The van der Waals surface area contributed by atoms with Crippen LogP contribution in [0.1, 0.15) is 30.9 Å². The molecule has 0 atom stereocenters.